The minimum Gasteiger partial charge on any atom is -0.325 e. The molecule has 2 aromatic carbocycles. The molecule has 1 heterocycles. The van der Waals surface area contributed by atoms with Gasteiger partial charge in [-0.05, 0) is 38.2 Å². The van der Waals surface area contributed by atoms with Crippen LogP contribution >= 0.6 is 11.3 Å². The molecule has 130 valence electrons. The highest BCUT2D eigenvalue weighted by molar-refractivity contribution is 7.18. The number of amides is 1. The van der Waals surface area contributed by atoms with E-state index in [1.54, 1.807) is 11.3 Å². The van der Waals surface area contributed by atoms with Crippen LogP contribution in [-0.2, 0) is 4.79 Å². The summed E-state index contributed by atoms with van der Waals surface area (Å²) in [6, 6.07) is 11.1. The van der Waals surface area contributed by atoms with Gasteiger partial charge >= 0.3 is 0 Å². The molecule has 7 heteroatoms. The largest absolute Gasteiger partial charge is 0.325 e. The molecule has 0 fully saturated rings. The first kappa shape index (κ1) is 17.4. The van der Waals surface area contributed by atoms with Crippen molar-refractivity contribution < 1.29 is 13.6 Å². The van der Waals surface area contributed by atoms with Gasteiger partial charge in [-0.3, -0.25) is 9.69 Å². The van der Waals surface area contributed by atoms with Gasteiger partial charge in [-0.2, -0.15) is 0 Å². The summed E-state index contributed by atoms with van der Waals surface area (Å²) in [5.41, 5.74) is 1.17. The first-order valence-corrected chi connectivity index (χ1v) is 8.56. The molecule has 3 rings (SSSR count). The number of benzene rings is 2. The van der Waals surface area contributed by atoms with Crippen LogP contribution in [0.2, 0.25) is 0 Å². The maximum atomic E-state index is 13.2. The summed E-state index contributed by atoms with van der Waals surface area (Å²) >= 11 is 1.59. The number of nitrogens with one attached hydrogen (secondary N) is 1. The topological polar surface area (TPSA) is 45.2 Å². The Labute approximate surface area is 148 Å². The van der Waals surface area contributed by atoms with Gasteiger partial charge in [0, 0.05) is 11.8 Å². The third-order valence-electron chi connectivity index (χ3n) is 3.93. The van der Waals surface area contributed by atoms with Crippen molar-refractivity contribution in [1.82, 2.24) is 9.88 Å². The average Bonchev–Trinajstić information content (AvgIpc) is 3.01. The number of aromatic nitrogens is 1. The van der Waals surface area contributed by atoms with Gasteiger partial charge in [0.2, 0.25) is 5.91 Å². The highest BCUT2D eigenvalue weighted by Crippen LogP contribution is 2.28. The normalized spacial score (nSPS) is 12.5. The molecular formula is C18H17F2N3OS. The van der Waals surface area contributed by atoms with Crippen molar-refractivity contribution in [1.29, 1.82) is 0 Å². The Balaban J connectivity index is 1.64. The lowest BCUT2D eigenvalue weighted by atomic mass is 10.3. The summed E-state index contributed by atoms with van der Waals surface area (Å²) in [4.78, 5) is 18.6. The van der Waals surface area contributed by atoms with Crippen LogP contribution in [0.3, 0.4) is 0 Å². The molecule has 0 aliphatic carbocycles. The van der Waals surface area contributed by atoms with Crippen LogP contribution in [0.1, 0.15) is 18.0 Å². The van der Waals surface area contributed by atoms with E-state index in [9.17, 15) is 13.6 Å². The van der Waals surface area contributed by atoms with Gasteiger partial charge in [-0.25, -0.2) is 13.8 Å². The number of rotatable bonds is 5. The van der Waals surface area contributed by atoms with Gasteiger partial charge in [-0.1, -0.05) is 12.1 Å². The number of hydrogen-bond acceptors (Lipinski definition) is 4. The molecule has 0 aliphatic rings. The minimum absolute atomic E-state index is 0.0481. The molecule has 0 spiro atoms. The highest BCUT2D eigenvalue weighted by Gasteiger charge is 2.18. The van der Waals surface area contributed by atoms with Crippen LogP contribution in [0.4, 0.5) is 14.5 Å². The quantitative estimate of drug-likeness (QED) is 0.741. The van der Waals surface area contributed by atoms with Crippen LogP contribution in [0.25, 0.3) is 10.2 Å². The van der Waals surface area contributed by atoms with Gasteiger partial charge in [0.25, 0.3) is 0 Å². The summed E-state index contributed by atoms with van der Waals surface area (Å²) in [6.45, 7) is 2.08. The fourth-order valence-corrected chi connectivity index (χ4v) is 3.48. The van der Waals surface area contributed by atoms with E-state index in [1.807, 2.05) is 43.1 Å². The van der Waals surface area contributed by atoms with E-state index < -0.39 is 11.6 Å². The summed E-state index contributed by atoms with van der Waals surface area (Å²) in [7, 11) is 1.82. The van der Waals surface area contributed by atoms with Gasteiger partial charge in [0.05, 0.1) is 22.8 Å². The van der Waals surface area contributed by atoms with Crippen LogP contribution in [0, 0.1) is 11.6 Å². The zero-order valence-corrected chi connectivity index (χ0v) is 14.6. The van der Waals surface area contributed by atoms with Crippen LogP contribution in [0.5, 0.6) is 0 Å². The molecular weight excluding hydrogens is 344 g/mol. The molecule has 1 N–H and O–H groups in total. The fourth-order valence-electron chi connectivity index (χ4n) is 2.40. The monoisotopic (exact) mass is 361 g/mol. The molecule has 0 aliphatic heterocycles. The molecule has 1 aromatic heterocycles. The van der Waals surface area contributed by atoms with Crippen LogP contribution in [-0.4, -0.2) is 29.4 Å². The Kier molecular flexibility index (Phi) is 5.06. The lowest BCUT2D eigenvalue weighted by Crippen LogP contribution is -2.32. The Morgan fingerprint density at radius 2 is 2.00 bits per heavy atom. The fraction of sp³-hybridized carbons (Fsp3) is 0.222. The van der Waals surface area contributed by atoms with E-state index >= 15 is 0 Å². The first-order chi connectivity index (χ1) is 11.9. The molecule has 0 saturated heterocycles. The number of carbonyl (C=O) groups is 1. The summed E-state index contributed by atoms with van der Waals surface area (Å²) in [5, 5.41) is 3.49. The Morgan fingerprint density at radius 1 is 1.24 bits per heavy atom. The summed E-state index contributed by atoms with van der Waals surface area (Å²) in [5.74, 6) is -2.24. The number of nitrogens with zero attached hydrogens (tertiary/aromatic N) is 2. The van der Waals surface area contributed by atoms with Gasteiger partial charge in [-0.15, -0.1) is 11.3 Å². The van der Waals surface area contributed by atoms with Crippen molar-refractivity contribution in [2.24, 2.45) is 0 Å². The number of fused-ring (bicyclic) bond motifs is 1. The van der Waals surface area contributed by atoms with E-state index in [1.165, 1.54) is 6.07 Å². The molecule has 3 aromatic rings. The van der Waals surface area contributed by atoms with Crippen molar-refractivity contribution >= 4 is 33.1 Å². The number of likely N-dealkylation sites (N-methyl/N-ethyl adjacent to an activating group) is 1. The van der Waals surface area contributed by atoms with Crippen LogP contribution < -0.4 is 5.32 Å². The molecule has 0 radical (unpaired) electrons. The summed E-state index contributed by atoms with van der Waals surface area (Å²) in [6.07, 6.45) is 0. The Hall–Kier alpha value is -2.38. The van der Waals surface area contributed by atoms with E-state index in [-0.39, 0.29) is 24.2 Å². The zero-order valence-electron chi connectivity index (χ0n) is 13.8. The van der Waals surface area contributed by atoms with E-state index in [0.29, 0.717) is 0 Å². The molecule has 0 bridgehead atoms. The Bertz CT molecular complexity index is 879. The van der Waals surface area contributed by atoms with Crippen molar-refractivity contribution in [2.75, 3.05) is 18.9 Å². The second-order valence-electron chi connectivity index (χ2n) is 5.79. The first-order valence-electron chi connectivity index (χ1n) is 7.74. The maximum absolute atomic E-state index is 13.2. The second kappa shape index (κ2) is 7.25. The summed E-state index contributed by atoms with van der Waals surface area (Å²) < 4.78 is 27.2. The smallest absolute Gasteiger partial charge is 0.238 e. The molecule has 1 atom stereocenters. The van der Waals surface area contributed by atoms with Gasteiger partial charge in [0.1, 0.15) is 5.01 Å². The Morgan fingerprint density at radius 3 is 2.72 bits per heavy atom. The number of anilines is 1. The third kappa shape index (κ3) is 4.00. The SMILES string of the molecule is CC(c1nc2ccccc2s1)N(C)CC(=O)Nc1ccc(F)c(F)c1. The third-order valence-corrected chi connectivity index (χ3v) is 5.13. The zero-order chi connectivity index (χ0) is 18.0. The van der Waals surface area contributed by atoms with Gasteiger partial charge in [0.15, 0.2) is 11.6 Å². The number of halogens is 2. The molecule has 1 unspecified atom stereocenters. The predicted molar refractivity (Wildman–Crippen MR) is 95.7 cm³/mol. The average molecular weight is 361 g/mol. The minimum atomic E-state index is -0.992. The van der Waals surface area contributed by atoms with E-state index in [2.05, 4.69) is 10.3 Å². The molecule has 25 heavy (non-hydrogen) atoms. The maximum Gasteiger partial charge on any atom is 0.238 e. The van der Waals surface area contributed by atoms with Gasteiger partial charge < -0.3 is 5.32 Å². The van der Waals surface area contributed by atoms with Crippen molar-refractivity contribution in [3.8, 4) is 0 Å². The van der Waals surface area contributed by atoms with E-state index in [4.69, 9.17) is 0 Å². The highest BCUT2D eigenvalue weighted by atomic mass is 32.1. The number of thiazole rings is 1. The van der Waals surface area contributed by atoms with E-state index in [0.717, 1.165) is 27.4 Å². The van der Waals surface area contributed by atoms with Crippen LogP contribution in [0.15, 0.2) is 42.5 Å². The number of para-hydroxylation sites is 1. The number of carbonyl (C=O) groups excluding carboxylic acids is 1. The standard InChI is InChI=1S/C18H17F2N3OS/c1-11(18-22-15-5-3-4-6-16(15)25-18)23(2)10-17(24)21-12-7-8-13(19)14(20)9-12/h3-9,11H,10H2,1-2H3,(H,21,24). The van der Waals surface area contributed by atoms with Crippen molar-refractivity contribution in [2.45, 2.75) is 13.0 Å². The number of hydrogen-bond donors (Lipinski definition) is 1. The second-order valence-corrected chi connectivity index (χ2v) is 6.85. The van der Waals surface area contributed by atoms with Crippen molar-refractivity contribution in [3.05, 3.63) is 59.1 Å². The molecule has 0 saturated carbocycles. The molecule has 4 nitrogen and oxygen atoms in total. The molecule has 1 amide bonds. The predicted octanol–water partition coefficient (Wildman–Crippen LogP) is 4.21. The van der Waals surface area contributed by atoms with Crippen molar-refractivity contribution in [3.63, 3.8) is 0 Å². The lowest BCUT2D eigenvalue weighted by molar-refractivity contribution is -0.117. The lowest BCUT2D eigenvalue weighted by Gasteiger charge is -2.22.